The molecule has 1 aromatic heterocycles. The SMILES string of the molecule is O=C(CO)c1ncc(CS(=O)(=O)Cc2ccc(F)cc2)c(CO)c1O. The van der Waals surface area contributed by atoms with Gasteiger partial charge in [0.25, 0.3) is 0 Å². The molecule has 0 unspecified atom stereocenters. The number of carbonyl (C=O) groups excluding carboxylic acids is 1. The van der Waals surface area contributed by atoms with Gasteiger partial charge in [0.1, 0.15) is 12.4 Å². The summed E-state index contributed by atoms with van der Waals surface area (Å²) in [7, 11) is -3.71. The third-order valence-electron chi connectivity index (χ3n) is 3.49. The fraction of sp³-hybridized carbons (Fsp3) is 0.250. The molecule has 134 valence electrons. The van der Waals surface area contributed by atoms with Crippen molar-refractivity contribution >= 4 is 15.6 Å². The molecule has 7 nitrogen and oxygen atoms in total. The van der Waals surface area contributed by atoms with E-state index in [2.05, 4.69) is 4.98 Å². The van der Waals surface area contributed by atoms with E-state index in [9.17, 15) is 27.8 Å². The number of hydrogen-bond acceptors (Lipinski definition) is 7. The molecule has 0 amide bonds. The molecule has 3 N–H and O–H groups in total. The third kappa shape index (κ3) is 4.59. The average molecular weight is 369 g/mol. The van der Waals surface area contributed by atoms with Crippen LogP contribution in [0.1, 0.15) is 27.2 Å². The van der Waals surface area contributed by atoms with Gasteiger partial charge in [-0.3, -0.25) is 4.79 Å². The molecule has 0 fully saturated rings. The van der Waals surface area contributed by atoms with E-state index in [1.807, 2.05) is 0 Å². The monoisotopic (exact) mass is 369 g/mol. The normalized spacial score (nSPS) is 11.5. The fourth-order valence-corrected chi connectivity index (χ4v) is 3.80. The van der Waals surface area contributed by atoms with Crippen molar-refractivity contribution in [3.05, 3.63) is 58.7 Å². The molecule has 0 spiro atoms. The van der Waals surface area contributed by atoms with E-state index in [1.54, 1.807) is 0 Å². The van der Waals surface area contributed by atoms with Crippen molar-refractivity contribution in [1.82, 2.24) is 4.98 Å². The number of benzene rings is 1. The number of aliphatic hydroxyl groups excluding tert-OH is 2. The van der Waals surface area contributed by atoms with Crippen LogP contribution in [0, 0.1) is 5.82 Å². The summed E-state index contributed by atoms with van der Waals surface area (Å²) in [5.74, 6) is -2.89. The Hall–Kier alpha value is -2.36. The summed E-state index contributed by atoms with van der Waals surface area (Å²) in [4.78, 5) is 15.1. The summed E-state index contributed by atoms with van der Waals surface area (Å²) in [6, 6.07) is 4.98. The Kier molecular flexibility index (Phi) is 5.83. The maximum absolute atomic E-state index is 12.9. The Bertz CT molecular complexity index is 880. The van der Waals surface area contributed by atoms with E-state index in [0.29, 0.717) is 5.56 Å². The topological polar surface area (TPSA) is 125 Å². The van der Waals surface area contributed by atoms with Gasteiger partial charge >= 0.3 is 0 Å². The molecule has 0 radical (unpaired) electrons. The van der Waals surface area contributed by atoms with Crippen molar-refractivity contribution in [3.8, 4) is 5.75 Å². The molecule has 0 atom stereocenters. The van der Waals surface area contributed by atoms with Crippen LogP contribution in [0.5, 0.6) is 5.75 Å². The van der Waals surface area contributed by atoms with Gasteiger partial charge in [-0.1, -0.05) is 12.1 Å². The number of sulfone groups is 1. The Labute approximate surface area is 143 Å². The number of pyridine rings is 1. The standard InChI is InChI=1S/C16H16FNO6S/c17-12-3-1-10(2-4-12)8-25(23,24)9-11-5-18-15(14(21)7-20)16(22)13(11)6-19/h1-5,19-20,22H,6-9H2. The Morgan fingerprint density at radius 2 is 1.76 bits per heavy atom. The van der Waals surface area contributed by atoms with Gasteiger partial charge in [-0.15, -0.1) is 0 Å². The maximum Gasteiger partial charge on any atom is 0.210 e. The highest BCUT2D eigenvalue weighted by atomic mass is 32.2. The average Bonchev–Trinajstić information content (AvgIpc) is 2.56. The minimum absolute atomic E-state index is 0.0385. The number of aromatic nitrogens is 1. The van der Waals surface area contributed by atoms with Crippen LogP contribution in [0.15, 0.2) is 30.5 Å². The molecule has 1 aromatic carbocycles. The Morgan fingerprint density at radius 3 is 2.32 bits per heavy atom. The molecule has 2 aromatic rings. The largest absolute Gasteiger partial charge is 0.505 e. The van der Waals surface area contributed by atoms with Gasteiger partial charge in [0.15, 0.2) is 21.3 Å². The number of aromatic hydroxyl groups is 1. The lowest BCUT2D eigenvalue weighted by atomic mass is 10.1. The van der Waals surface area contributed by atoms with Crippen LogP contribution in [-0.2, 0) is 27.9 Å². The summed E-state index contributed by atoms with van der Waals surface area (Å²) >= 11 is 0. The Balaban J connectivity index is 2.30. The molecule has 25 heavy (non-hydrogen) atoms. The zero-order valence-corrected chi connectivity index (χ0v) is 13.8. The number of rotatable bonds is 7. The molecule has 0 aliphatic rings. The number of nitrogens with zero attached hydrogens (tertiary/aromatic N) is 1. The first kappa shape index (κ1) is 19.0. The molecule has 0 saturated heterocycles. The first-order chi connectivity index (χ1) is 11.8. The van der Waals surface area contributed by atoms with Crippen molar-refractivity contribution in [3.63, 3.8) is 0 Å². The van der Waals surface area contributed by atoms with Crippen LogP contribution < -0.4 is 0 Å². The predicted octanol–water partition coefficient (Wildman–Crippen LogP) is 0.709. The highest BCUT2D eigenvalue weighted by Gasteiger charge is 2.22. The molecule has 9 heteroatoms. The smallest absolute Gasteiger partial charge is 0.210 e. The second-order valence-corrected chi connectivity index (χ2v) is 7.42. The van der Waals surface area contributed by atoms with E-state index in [-0.39, 0.29) is 16.9 Å². The van der Waals surface area contributed by atoms with Crippen LogP contribution in [0.4, 0.5) is 4.39 Å². The van der Waals surface area contributed by atoms with E-state index < -0.39 is 51.8 Å². The molecular weight excluding hydrogens is 353 g/mol. The number of ketones is 1. The number of halogens is 1. The zero-order chi connectivity index (χ0) is 18.6. The summed E-state index contributed by atoms with van der Waals surface area (Å²) in [5.41, 5.74) is -0.159. The highest BCUT2D eigenvalue weighted by Crippen LogP contribution is 2.26. The number of Topliss-reactive ketones (excluding diaryl/α,β-unsaturated/α-hetero) is 1. The first-order valence-corrected chi connectivity index (χ1v) is 8.99. The van der Waals surface area contributed by atoms with Crippen molar-refractivity contribution < 1.29 is 32.9 Å². The summed E-state index contributed by atoms with van der Waals surface area (Å²) in [6.07, 6.45) is 1.07. The van der Waals surface area contributed by atoms with Crippen molar-refractivity contribution in [2.75, 3.05) is 6.61 Å². The van der Waals surface area contributed by atoms with Gasteiger partial charge in [-0.2, -0.15) is 0 Å². The van der Waals surface area contributed by atoms with Crippen LogP contribution in [0.2, 0.25) is 0 Å². The van der Waals surface area contributed by atoms with Crippen LogP contribution in [-0.4, -0.2) is 41.1 Å². The lowest BCUT2D eigenvalue weighted by Gasteiger charge is -2.12. The molecular formula is C16H16FNO6S. The molecule has 0 aliphatic carbocycles. The van der Waals surface area contributed by atoms with Gasteiger partial charge in [0.2, 0.25) is 5.78 Å². The maximum atomic E-state index is 12.9. The molecule has 1 heterocycles. The molecule has 0 bridgehead atoms. The third-order valence-corrected chi connectivity index (χ3v) is 5.01. The summed E-state index contributed by atoms with van der Waals surface area (Å²) in [6.45, 7) is -1.59. The lowest BCUT2D eigenvalue weighted by molar-refractivity contribution is 0.0895. The fourth-order valence-electron chi connectivity index (χ4n) is 2.28. The van der Waals surface area contributed by atoms with Crippen molar-refractivity contribution in [2.45, 2.75) is 18.1 Å². The van der Waals surface area contributed by atoms with Crippen molar-refractivity contribution in [2.24, 2.45) is 0 Å². The van der Waals surface area contributed by atoms with Crippen LogP contribution in [0.3, 0.4) is 0 Å². The lowest BCUT2D eigenvalue weighted by Crippen LogP contribution is -2.13. The predicted molar refractivity (Wildman–Crippen MR) is 86.0 cm³/mol. The number of hydrogen-bond donors (Lipinski definition) is 3. The van der Waals surface area contributed by atoms with E-state index >= 15 is 0 Å². The van der Waals surface area contributed by atoms with Gasteiger partial charge in [0.05, 0.1) is 18.1 Å². The first-order valence-electron chi connectivity index (χ1n) is 7.17. The van der Waals surface area contributed by atoms with Gasteiger partial charge in [-0.25, -0.2) is 17.8 Å². The quantitative estimate of drug-likeness (QED) is 0.614. The van der Waals surface area contributed by atoms with E-state index in [4.69, 9.17) is 5.11 Å². The van der Waals surface area contributed by atoms with E-state index in [1.165, 1.54) is 12.1 Å². The molecule has 2 rings (SSSR count). The van der Waals surface area contributed by atoms with Crippen molar-refractivity contribution in [1.29, 1.82) is 0 Å². The summed E-state index contributed by atoms with van der Waals surface area (Å²) < 4.78 is 37.5. The van der Waals surface area contributed by atoms with E-state index in [0.717, 1.165) is 18.3 Å². The second kappa shape index (κ2) is 7.68. The molecule has 0 aliphatic heterocycles. The van der Waals surface area contributed by atoms with Crippen LogP contribution in [0.25, 0.3) is 0 Å². The van der Waals surface area contributed by atoms with Gasteiger partial charge < -0.3 is 15.3 Å². The highest BCUT2D eigenvalue weighted by molar-refractivity contribution is 7.89. The zero-order valence-electron chi connectivity index (χ0n) is 13.0. The minimum Gasteiger partial charge on any atom is -0.505 e. The van der Waals surface area contributed by atoms with Gasteiger partial charge in [-0.05, 0) is 23.3 Å². The molecule has 0 saturated carbocycles. The second-order valence-electron chi connectivity index (χ2n) is 5.36. The summed E-state index contributed by atoms with van der Waals surface area (Å²) in [5, 5.41) is 28.2. The number of carbonyl (C=O) groups is 1. The van der Waals surface area contributed by atoms with Gasteiger partial charge in [0, 0.05) is 11.8 Å². The van der Waals surface area contributed by atoms with Crippen LogP contribution >= 0.6 is 0 Å². The number of aliphatic hydroxyl groups is 2. The minimum atomic E-state index is -3.71. The Morgan fingerprint density at radius 1 is 1.12 bits per heavy atom.